The van der Waals surface area contributed by atoms with Crippen molar-refractivity contribution in [3.8, 4) is 0 Å². The molecule has 1 heterocycles. The molecule has 0 radical (unpaired) electrons. The van der Waals surface area contributed by atoms with Gasteiger partial charge in [-0.15, -0.1) is 0 Å². The van der Waals surface area contributed by atoms with Gasteiger partial charge in [-0.05, 0) is 55.7 Å². The van der Waals surface area contributed by atoms with Gasteiger partial charge in [0.05, 0.1) is 10.9 Å². The van der Waals surface area contributed by atoms with E-state index in [0.29, 0.717) is 12.8 Å². The van der Waals surface area contributed by atoms with Crippen molar-refractivity contribution in [3.05, 3.63) is 64.4 Å². The zero-order valence-electron chi connectivity index (χ0n) is 14.7. The zero-order valence-corrected chi connectivity index (χ0v) is 17.1. The average Bonchev–Trinajstić information content (AvgIpc) is 3.13. The van der Waals surface area contributed by atoms with Crippen molar-refractivity contribution in [2.75, 3.05) is 6.54 Å². The highest BCUT2D eigenvalue weighted by atomic mass is 79.9. The van der Waals surface area contributed by atoms with Crippen LogP contribution in [0.2, 0.25) is 0 Å². The maximum Gasteiger partial charge on any atom is 0.243 e. The van der Waals surface area contributed by atoms with E-state index < -0.39 is 21.9 Å². The Morgan fingerprint density at radius 1 is 1.22 bits per heavy atom. The number of hydrogen-bond acceptors (Lipinski definition) is 3. The number of carbonyl (C=O) groups is 1. The van der Waals surface area contributed by atoms with Crippen LogP contribution in [0.5, 0.6) is 0 Å². The Balaban J connectivity index is 1.78. The van der Waals surface area contributed by atoms with E-state index in [1.54, 1.807) is 0 Å². The molecule has 0 unspecified atom stereocenters. The van der Waals surface area contributed by atoms with Gasteiger partial charge in [0.1, 0.15) is 11.9 Å². The highest BCUT2D eigenvalue weighted by Crippen LogP contribution is 2.28. The number of amides is 1. The molecule has 1 aliphatic rings. The number of halogens is 2. The number of carbonyl (C=O) groups excluding carboxylic acids is 1. The standard InChI is InChI=1S/C19H20BrFN2O3S/c1-13(16-5-2-3-6-17(16)20)22-19(24)18-7-4-12-23(18)27(25,26)15-10-8-14(21)9-11-15/h2-3,5-6,8-11,13,18H,4,7,12H2,1H3,(H,22,24)/t13-,18-/m0/s1. The second-order valence-electron chi connectivity index (χ2n) is 6.48. The minimum absolute atomic E-state index is 0.0116. The maximum atomic E-state index is 13.1. The normalized spacial score (nSPS) is 19.0. The Morgan fingerprint density at radius 2 is 1.89 bits per heavy atom. The lowest BCUT2D eigenvalue weighted by atomic mass is 10.1. The smallest absolute Gasteiger partial charge is 0.243 e. The van der Waals surface area contributed by atoms with Gasteiger partial charge in [-0.25, -0.2) is 12.8 Å². The molecule has 3 rings (SSSR count). The fraction of sp³-hybridized carbons (Fsp3) is 0.316. The summed E-state index contributed by atoms with van der Waals surface area (Å²) in [5.41, 5.74) is 0.914. The van der Waals surface area contributed by atoms with Gasteiger partial charge in [-0.2, -0.15) is 4.31 Å². The lowest BCUT2D eigenvalue weighted by Gasteiger charge is -2.25. The first kappa shape index (κ1) is 20.0. The predicted octanol–water partition coefficient (Wildman–Crippen LogP) is 3.62. The quantitative estimate of drug-likeness (QED) is 0.749. The highest BCUT2D eigenvalue weighted by molar-refractivity contribution is 9.10. The van der Waals surface area contributed by atoms with Crippen molar-refractivity contribution in [1.29, 1.82) is 0 Å². The molecule has 1 fully saturated rings. The van der Waals surface area contributed by atoms with E-state index in [0.717, 1.165) is 22.2 Å². The largest absolute Gasteiger partial charge is 0.348 e. The van der Waals surface area contributed by atoms with E-state index in [2.05, 4.69) is 21.2 Å². The lowest BCUT2D eigenvalue weighted by molar-refractivity contribution is -0.124. The van der Waals surface area contributed by atoms with Crippen molar-refractivity contribution in [1.82, 2.24) is 9.62 Å². The van der Waals surface area contributed by atoms with Gasteiger partial charge >= 0.3 is 0 Å². The third-order valence-electron chi connectivity index (χ3n) is 4.66. The molecule has 27 heavy (non-hydrogen) atoms. The molecule has 144 valence electrons. The van der Waals surface area contributed by atoms with Crippen LogP contribution in [0.25, 0.3) is 0 Å². The summed E-state index contributed by atoms with van der Waals surface area (Å²) in [4.78, 5) is 12.8. The van der Waals surface area contributed by atoms with Crippen LogP contribution in [0.15, 0.2) is 57.9 Å². The van der Waals surface area contributed by atoms with Crippen LogP contribution in [-0.2, 0) is 14.8 Å². The minimum Gasteiger partial charge on any atom is -0.348 e. The van der Waals surface area contributed by atoms with Crippen molar-refractivity contribution in [2.45, 2.75) is 36.7 Å². The van der Waals surface area contributed by atoms with Crippen molar-refractivity contribution < 1.29 is 17.6 Å². The minimum atomic E-state index is -3.86. The molecule has 2 aromatic rings. The molecule has 2 atom stereocenters. The van der Waals surface area contributed by atoms with Crippen molar-refractivity contribution in [2.24, 2.45) is 0 Å². The van der Waals surface area contributed by atoms with Crippen LogP contribution in [0, 0.1) is 5.82 Å². The molecule has 0 aromatic heterocycles. The monoisotopic (exact) mass is 454 g/mol. The molecule has 8 heteroatoms. The van der Waals surface area contributed by atoms with E-state index >= 15 is 0 Å². The molecule has 0 aliphatic carbocycles. The zero-order chi connectivity index (χ0) is 19.6. The highest BCUT2D eigenvalue weighted by Gasteiger charge is 2.39. The number of rotatable bonds is 5. The molecule has 0 spiro atoms. The summed E-state index contributed by atoms with van der Waals surface area (Å²) >= 11 is 3.46. The third kappa shape index (κ3) is 4.23. The molecule has 1 saturated heterocycles. The van der Waals surface area contributed by atoms with Crippen LogP contribution in [0.3, 0.4) is 0 Å². The molecule has 1 N–H and O–H groups in total. The van der Waals surface area contributed by atoms with Crippen molar-refractivity contribution in [3.63, 3.8) is 0 Å². The molecule has 0 saturated carbocycles. The Morgan fingerprint density at radius 3 is 2.56 bits per heavy atom. The molecule has 5 nitrogen and oxygen atoms in total. The van der Waals surface area contributed by atoms with Crippen molar-refractivity contribution >= 4 is 31.9 Å². The van der Waals surface area contributed by atoms with E-state index in [4.69, 9.17) is 0 Å². The van der Waals surface area contributed by atoms with Crippen LogP contribution < -0.4 is 5.32 Å². The number of benzene rings is 2. The first-order valence-corrected chi connectivity index (χ1v) is 10.9. The van der Waals surface area contributed by atoms with Gasteiger partial charge in [0.2, 0.25) is 15.9 Å². The van der Waals surface area contributed by atoms with E-state index in [1.807, 2.05) is 31.2 Å². The Labute approximate surface area is 166 Å². The topological polar surface area (TPSA) is 66.5 Å². The summed E-state index contributed by atoms with van der Waals surface area (Å²) in [5.74, 6) is -0.839. The summed E-state index contributed by atoms with van der Waals surface area (Å²) in [6.07, 6.45) is 1.05. The molecular weight excluding hydrogens is 435 g/mol. The van der Waals surface area contributed by atoms with Gasteiger partial charge in [0.15, 0.2) is 0 Å². The van der Waals surface area contributed by atoms with E-state index in [1.165, 1.54) is 16.4 Å². The molecule has 1 aliphatic heterocycles. The van der Waals surface area contributed by atoms with Gasteiger partial charge < -0.3 is 5.32 Å². The number of hydrogen-bond donors (Lipinski definition) is 1. The van der Waals surface area contributed by atoms with E-state index in [-0.39, 0.29) is 23.4 Å². The van der Waals surface area contributed by atoms with Gasteiger partial charge in [0.25, 0.3) is 0 Å². The summed E-state index contributed by atoms with van der Waals surface area (Å²) in [5, 5.41) is 2.91. The number of nitrogens with one attached hydrogen (secondary N) is 1. The molecule has 1 amide bonds. The summed E-state index contributed by atoms with van der Waals surface area (Å²) in [6, 6.07) is 11.2. The van der Waals surface area contributed by atoms with Gasteiger partial charge in [-0.3, -0.25) is 4.79 Å². The Hall–Kier alpha value is -1.77. The van der Waals surface area contributed by atoms with E-state index in [9.17, 15) is 17.6 Å². The van der Waals surface area contributed by atoms with Crippen LogP contribution in [0.1, 0.15) is 31.4 Å². The summed E-state index contributed by atoms with van der Waals surface area (Å²) in [6.45, 7) is 2.12. The SMILES string of the molecule is C[C@H](NC(=O)[C@@H]1CCCN1S(=O)(=O)c1ccc(F)cc1)c1ccccc1Br. The predicted molar refractivity (Wildman–Crippen MR) is 104 cm³/mol. The van der Waals surface area contributed by atoms with Crippen LogP contribution in [0.4, 0.5) is 4.39 Å². The fourth-order valence-electron chi connectivity index (χ4n) is 3.25. The van der Waals surface area contributed by atoms with Gasteiger partial charge in [0, 0.05) is 11.0 Å². The second-order valence-corrected chi connectivity index (χ2v) is 9.22. The third-order valence-corrected chi connectivity index (χ3v) is 7.30. The molecule has 2 aromatic carbocycles. The van der Waals surface area contributed by atoms with Crippen LogP contribution in [-0.4, -0.2) is 31.2 Å². The number of nitrogens with zero attached hydrogens (tertiary/aromatic N) is 1. The fourth-order valence-corrected chi connectivity index (χ4v) is 5.53. The molecule has 0 bridgehead atoms. The summed E-state index contributed by atoms with van der Waals surface area (Å²) < 4.78 is 41.0. The van der Waals surface area contributed by atoms with Crippen LogP contribution >= 0.6 is 15.9 Å². The first-order valence-electron chi connectivity index (χ1n) is 8.63. The first-order chi connectivity index (χ1) is 12.8. The Bertz CT molecular complexity index is 934. The lowest BCUT2D eigenvalue weighted by Crippen LogP contribution is -2.46. The maximum absolute atomic E-state index is 13.1. The number of sulfonamides is 1. The second kappa shape index (κ2) is 8.08. The summed E-state index contributed by atoms with van der Waals surface area (Å²) in [7, 11) is -3.86. The van der Waals surface area contributed by atoms with Gasteiger partial charge in [-0.1, -0.05) is 34.1 Å². The Kier molecular flexibility index (Phi) is 5.98. The average molecular weight is 455 g/mol. The molecular formula is C19H20BrFN2O3S.